The molecule has 2 atom stereocenters. The third kappa shape index (κ3) is 6.31. The summed E-state index contributed by atoms with van der Waals surface area (Å²) in [7, 11) is 0. The van der Waals surface area contributed by atoms with Crippen LogP contribution in [0.1, 0.15) is 13.3 Å². The first-order chi connectivity index (χ1) is 9.79. The number of aliphatic hydroxyl groups excluding tert-OH is 1. The van der Waals surface area contributed by atoms with Crippen molar-refractivity contribution >= 4 is 40.8 Å². The lowest BCUT2D eigenvalue weighted by Crippen LogP contribution is -2.42. The highest BCUT2D eigenvalue weighted by atomic mass is 35.5. The quantitative estimate of drug-likeness (QED) is 0.608. The minimum Gasteiger partial charge on any atom is -0.480 e. The molecule has 0 saturated heterocycles. The first-order valence-corrected chi connectivity index (χ1v) is 6.94. The fourth-order valence-corrected chi connectivity index (χ4v) is 1.99. The minimum atomic E-state index is -1.17. The zero-order chi connectivity index (χ0) is 16.0. The molecule has 0 heterocycles. The van der Waals surface area contributed by atoms with Crippen LogP contribution in [0.4, 0.5) is 5.69 Å². The normalized spacial score (nSPS) is 13.5. The fraction of sp³-hybridized carbons (Fsp3) is 0.385. The van der Waals surface area contributed by atoms with Crippen molar-refractivity contribution in [3.63, 3.8) is 0 Å². The van der Waals surface area contributed by atoms with E-state index in [0.717, 1.165) is 0 Å². The summed E-state index contributed by atoms with van der Waals surface area (Å²) in [6.45, 7) is 1.59. The molecule has 21 heavy (non-hydrogen) atoms. The van der Waals surface area contributed by atoms with Gasteiger partial charge in [-0.3, -0.25) is 9.59 Å². The number of anilines is 1. The number of aliphatic hydroxyl groups is 1. The Balaban J connectivity index is 2.63. The lowest BCUT2D eigenvalue weighted by molar-refractivity contribution is -0.141. The summed E-state index contributed by atoms with van der Waals surface area (Å²) in [5.74, 6) is -1.68. The number of hydrogen-bond donors (Lipinski definition) is 4. The third-order valence-corrected chi connectivity index (χ3v) is 3.10. The maximum Gasteiger partial charge on any atom is 0.321 e. The number of aliphatic carboxylic acids is 1. The Kier molecular flexibility index (Phi) is 6.91. The van der Waals surface area contributed by atoms with Crippen LogP contribution in [0, 0.1) is 0 Å². The Morgan fingerprint density at radius 2 is 2.00 bits per heavy atom. The van der Waals surface area contributed by atoms with Crippen LogP contribution in [0.3, 0.4) is 0 Å². The second-order valence-electron chi connectivity index (χ2n) is 4.52. The Hall–Kier alpha value is -1.34. The maximum atomic E-state index is 11.8. The van der Waals surface area contributed by atoms with Crippen LogP contribution in [0.25, 0.3) is 0 Å². The van der Waals surface area contributed by atoms with Gasteiger partial charge in [0.2, 0.25) is 5.91 Å². The largest absolute Gasteiger partial charge is 0.480 e. The van der Waals surface area contributed by atoms with E-state index in [-0.39, 0.29) is 18.0 Å². The van der Waals surface area contributed by atoms with E-state index < -0.39 is 24.0 Å². The number of halogens is 2. The lowest BCUT2D eigenvalue weighted by Gasteiger charge is -2.15. The Morgan fingerprint density at radius 1 is 1.33 bits per heavy atom. The zero-order valence-electron chi connectivity index (χ0n) is 11.3. The summed E-state index contributed by atoms with van der Waals surface area (Å²) in [5, 5.41) is 24.0. The number of hydrogen-bond acceptors (Lipinski definition) is 4. The van der Waals surface area contributed by atoms with Crippen LogP contribution in [0.15, 0.2) is 18.2 Å². The van der Waals surface area contributed by atoms with E-state index in [2.05, 4.69) is 10.6 Å². The van der Waals surface area contributed by atoms with E-state index in [9.17, 15) is 9.59 Å². The number of carboxylic acids is 1. The Bertz CT molecular complexity index is 523. The predicted molar refractivity (Wildman–Crippen MR) is 80.8 cm³/mol. The highest BCUT2D eigenvalue weighted by Crippen LogP contribution is 2.25. The zero-order valence-corrected chi connectivity index (χ0v) is 12.8. The molecule has 0 fully saturated rings. The van der Waals surface area contributed by atoms with Gasteiger partial charge in [0, 0.05) is 11.6 Å². The molecule has 0 aliphatic carbocycles. The van der Waals surface area contributed by atoms with Gasteiger partial charge >= 0.3 is 5.97 Å². The number of rotatable bonds is 7. The summed E-state index contributed by atoms with van der Waals surface area (Å²) >= 11 is 11.7. The summed E-state index contributed by atoms with van der Waals surface area (Å²) in [5.41, 5.74) is 0.353. The molecule has 0 radical (unpaired) electrons. The molecule has 0 aliphatic rings. The van der Waals surface area contributed by atoms with Gasteiger partial charge in [-0.25, -0.2) is 0 Å². The van der Waals surface area contributed by atoms with Crippen molar-refractivity contribution in [1.82, 2.24) is 5.32 Å². The van der Waals surface area contributed by atoms with Crippen LogP contribution in [0.2, 0.25) is 10.0 Å². The van der Waals surface area contributed by atoms with E-state index in [1.165, 1.54) is 19.1 Å². The smallest absolute Gasteiger partial charge is 0.321 e. The molecule has 0 saturated carbocycles. The van der Waals surface area contributed by atoms with Gasteiger partial charge in [-0.1, -0.05) is 23.2 Å². The summed E-state index contributed by atoms with van der Waals surface area (Å²) < 4.78 is 0. The molecule has 1 amide bonds. The van der Waals surface area contributed by atoms with E-state index in [1.54, 1.807) is 6.07 Å². The van der Waals surface area contributed by atoms with Crippen LogP contribution >= 0.6 is 23.2 Å². The van der Waals surface area contributed by atoms with E-state index in [4.69, 9.17) is 33.4 Å². The molecule has 1 aromatic carbocycles. The molecule has 8 heteroatoms. The molecule has 0 aliphatic heterocycles. The van der Waals surface area contributed by atoms with Gasteiger partial charge in [0.1, 0.15) is 6.04 Å². The maximum absolute atomic E-state index is 11.8. The van der Waals surface area contributed by atoms with E-state index in [1.807, 2.05) is 0 Å². The van der Waals surface area contributed by atoms with Crippen molar-refractivity contribution < 1.29 is 19.8 Å². The monoisotopic (exact) mass is 334 g/mol. The predicted octanol–water partition coefficient (Wildman–Crippen LogP) is 1.75. The van der Waals surface area contributed by atoms with Crippen molar-refractivity contribution in [3.05, 3.63) is 28.2 Å². The Labute approximate surface area is 132 Å². The van der Waals surface area contributed by atoms with Gasteiger partial charge in [0.25, 0.3) is 0 Å². The summed E-state index contributed by atoms with van der Waals surface area (Å²) in [6.07, 6.45) is -0.998. The fourth-order valence-electron chi connectivity index (χ4n) is 1.54. The van der Waals surface area contributed by atoms with Gasteiger partial charge in [-0.15, -0.1) is 0 Å². The van der Waals surface area contributed by atoms with Crippen molar-refractivity contribution in [2.45, 2.75) is 25.5 Å². The van der Waals surface area contributed by atoms with Crippen molar-refractivity contribution in [3.8, 4) is 0 Å². The SMILES string of the molecule is C[C@H](O)CN[C@H](CC(=O)Nc1ccc(Cl)cc1Cl)C(=O)O. The van der Waals surface area contributed by atoms with Crippen LogP contribution in [-0.2, 0) is 9.59 Å². The second-order valence-corrected chi connectivity index (χ2v) is 5.37. The molecule has 1 aromatic rings. The number of carbonyl (C=O) groups excluding carboxylic acids is 1. The van der Waals surface area contributed by atoms with E-state index in [0.29, 0.717) is 10.7 Å². The topological polar surface area (TPSA) is 98.7 Å². The first-order valence-electron chi connectivity index (χ1n) is 6.18. The van der Waals surface area contributed by atoms with Gasteiger partial charge in [-0.2, -0.15) is 0 Å². The second kappa shape index (κ2) is 8.19. The minimum absolute atomic E-state index is 0.0753. The summed E-state index contributed by atoms with van der Waals surface area (Å²) in [6, 6.07) is 3.47. The van der Waals surface area contributed by atoms with Gasteiger partial charge in [0.15, 0.2) is 0 Å². The number of amides is 1. The lowest BCUT2D eigenvalue weighted by atomic mass is 10.2. The number of nitrogens with one attached hydrogen (secondary N) is 2. The van der Waals surface area contributed by atoms with Crippen LogP contribution in [0.5, 0.6) is 0 Å². The van der Waals surface area contributed by atoms with Gasteiger partial charge < -0.3 is 20.8 Å². The van der Waals surface area contributed by atoms with Gasteiger partial charge in [0.05, 0.1) is 23.2 Å². The molecular weight excluding hydrogens is 319 g/mol. The molecule has 0 spiro atoms. The Morgan fingerprint density at radius 3 is 2.52 bits per heavy atom. The molecule has 0 unspecified atom stereocenters. The van der Waals surface area contributed by atoms with Crippen molar-refractivity contribution in [2.75, 3.05) is 11.9 Å². The molecule has 0 bridgehead atoms. The number of benzene rings is 1. The highest BCUT2D eigenvalue weighted by Gasteiger charge is 2.21. The first kappa shape index (κ1) is 17.7. The average molecular weight is 335 g/mol. The van der Waals surface area contributed by atoms with Crippen molar-refractivity contribution in [2.24, 2.45) is 0 Å². The molecule has 116 valence electrons. The molecule has 1 rings (SSSR count). The standard InChI is InChI=1S/C13H16Cl2N2O4/c1-7(18)6-16-11(13(20)21)5-12(19)17-10-3-2-8(14)4-9(10)15/h2-4,7,11,16,18H,5-6H2,1H3,(H,17,19)(H,20,21)/t7-,11+/m0/s1. The van der Waals surface area contributed by atoms with Crippen molar-refractivity contribution in [1.29, 1.82) is 0 Å². The molecule has 6 nitrogen and oxygen atoms in total. The van der Waals surface area contributed by atoms with Gasteiger partial charge in [-0.05, 0) is 25.1 Å². The highest BCUT2D eigenvalue weighted by molar-refractivity contribution is 6.36. The summed E-state index contributed by atoms with van der Waals surface area (Å²) in [4.78, 5) is 22.9. The molecular formula is C13H16Cl2N2O4. The molecule has 4 N–H and O–H groups in total. The average Bonchev–Trinajstić information content (AvgIpc) is 2.37. The third-order valence-electron chi connectivity index (χ3n) is 2.55. The van der Waals surface area contributed by atoms with Crippen LogP contribution in [-0.4, -0.2) is 40.8 Å². The number of carboxylic acid groups (broad SMARTS) is 1. The number of carbonyl (C=O) groups is 2. The molecule has 0 aromatic heterocycles. The van der Waals surface area contributed by atoms with Crippen LogP contribution < -0.4 is 10.6 Å². The van der Waals surface area contributed by atoms with E-state index >= 15 is 0 Å².